The summed E-state index contributed by atoms with van der Waals surface area (Å²) < 4.78 is 8.89. The number of hydrogen-bond donors (Lipinski definition) is 1. The summed E-state index contributed by atoms with van der Waals surface area (Å²) in [6.07, 6.45) is 3.02. The van der Waals surface area contributed by atoms with Crippen LogP contribution in [0.25, 0.3) is 0 Å². The van der Waals surface area contributed by atoms with Gasteiger partial charge in [0.15, 0.2) is 0 Å². The van der Waals surface area contributed by atoms with Gasteiger partial charge in [-0.1, -0.05) is 0 Å². The zero-order valence-electron chi connectivity index (χ0n) is 13.9. The van der Waals surface area contributed by atoms with Gasteiger partial charge < -0.3 is 10.1 Å². The van der Waals surface area contributed by atoms with Gasteiger partial charge in [0.05, 0.1) is 17.9 Å². The molecule has 2 aromatic rings. The second kappa shape index (κ2) is 5.53. The highest BCUT2D eigenvalue weighted by Crippen LogP contribution is 2.36. The Morgan fingerprint density at radius 1 is 1.35 bits per heavy atom. The highest BCUT2D eigenvalue weighted by molar-refractivity contribution is 5.92. The Morgan fingerprint density at radius 2 is 2.09 bits per heavy atom. The Kier molecular flexibility index (Phi) is 3.67. The van der Waals surface area contributed by atoms with Crippen LogP contribution in [0, 0.1) is 6.92 Å². The number of anilines is 1. The van der Waals surface area contributed by atoms with E-state index in [2.05, 4.69) is 20.5 Å². The second-order valence-corrected chi connectivity index (χ2v) is 5.86. The number of hydrogen-bond acceptors (Lipinski definition) is 6. The van der Waals surface area contributed by atoms with Crippen molar-refractivity contribution in [1.29, 1.82) is 0 Å². The van der Waals surface area contributed by atoms with Gasteiger partial charge in [-0.05, 0) is 27.7 Å². The van der Waals surface area contributed by atoms with Crippen LogP contribution in [-0.4, -0.2) is 36.6 Å². The van der Waals surface area contributed by atoms with E-state index >= 15 is 0 Å². The lowest BCUT2D eigenvalue weighted by atomic mass is 9.96. The smallest absolute Gasteiger partial charge is 0.338 e. The summed E-state index contributed by atoms with van der Waals surface area (Å²) in [5.74, 6) is 0.233. The monoisotopic (exact) mass is 316 g/mol. The lowest BCUT2D eigenvalue weighted by Gasteiger charge is -2.28. The number of rotatable bonds is 3. The zero-order valence-corrected chi connectivity index (χ0v) is 13.9. The van der Waals surface area contributed by atoms with Crippen molar-refractivity contribution in [1.82, 2.24) is 24.5 Å². The molecule has 3 heterocycles. The third-order valence-corrected chi connectivity index (χ3v) is 3.92. The Labute approximate surface area is 134 Å². The normalized spacial score (nSPS) is 17.2. The van der Waals surface area contributed by atoms with Crippen molar-refractivity contribution in [2.75, 3.05) is 5.32 Å². The van der Waals surface area contributed by atoms with Gasteiger partial charge in [-0.3, -0.25) is 4.68 Å². The lowest BCUT2D eigenvalue weighted by Crippen LogP contribution is -2.30. The molecule has 8 heteroatoms. The molecular formula is C15H20N6O2. The van der Waals surface area contributed by atoms with Gasteiger partial charge in [-0.15, -0.1) is 0 Å². The molecule has 0 radical (unpaired) electrons. The van der Waals surface area contributed by atoms with Crippen molar-refractivity contribution < 1.29 is 9.53 Å². The van der Waals surface area contributed by atoms with Crippen molar-refractivity contribution in [3.63, 3.8) is 0 Å². The first kappa shape index (κ1) is 15.3. The molecule has 0 saturated carbocycles. The molecule has 1 aliphatic rings. The van der Waals surface area contributed by atoms with Crippen LogP contribution in [0.15, 0.2) is 23.8 Å². The van der Waals surface area contributed by atoms with Crippen LogP contribution in [0.3, 0.4) is 0 Å². The van der Waals surface area contributed by atoms with E-state index in [0.717, 1.165) is 11.3 Å². The highest BCUT2D eigenvalue weighted by atomic mass is 16.5. The molecule has 1 unspecified atom stereocenters. The fraction of sp³-hybridized carbons (Fsp3) is 0.467. The number of carbonyl (C=O) groups excluding carboxylic acids is 1. The molecule has 0 fully saturated rings. The van der Waals surface area contributed by atoms with Gasteiger partial charge in [0.1, 0.15) is 12.4 Å². The third-order valence-electron chi connectivity index (χ3n) is 3.92. The SMILES string of the molecule is CC1=C(C(=O)OC(C)C)C(c2cnn(C)c2C)n2ncnc2N1. The largest absolute Gasteiger partial charge is 0.459 e. The summed E-state index contributed by atoms with van der Waals surface area (Å²) in [5.41, 5.74) is 3.09. The second-order valence-electron chi connectivity index (χ2n) is 5.86. The van der Waals surface area contributed by atoms with E-state index < -0.39 is 6.04 Å². The maximum atomic E-state index is 12.6. The first-order valence-electron chi connectivity index (χ1n) is 7.47. The standard InChI is InChI=1S/C15H20N6O2/c1-8(2)23-14(22)12-9(3)19-15-16-7-18-21(15)13(12)11-6-17-20(5)10(11)4/h6-8,13H,1-5H3,(H,16,18,19). The molecule has 0 aromatic carbocycles. The number of ether oxygens (including phenoxy) is 1. The van der Waals surface area contributed by atoms with Gasteiger partial charge in [-0.2, -0.15) is 15.2 Å². The Bertz CT molecular complexity index is 786. The van der Waals surface area contributed by atoms with Crippen LogP contribution in [0.1, 0.15) is 38.1 Å². The third kappa shape index (κ3) is 2.49. The van der Waals surface area contributed by atoms with Gasteiger partial charge in [-0.25, -0.2) is 9.48 Å². The molecule has 2 aromatic heterocycles. The summed E-state index contributed by atoms with van der Waals surface area (Å²) in [4.78, 5) is 16.8. The number of nitrogens with zero attached hydrogens (tertiary/aromatic N) is 5. The fourth-order valence-corrected chi connectivity index (χ4v) is 2.70. The fourth-order valence-electron chi connectivity index (χ4n) is 2.70. The Hall–Kier alpha value is -2.64. The number of aryl methyl sites for hydroxylation is 1. The van der Waals surface area contributed by atoms with Gasteiger partial charge in [0.2, 0.25) is 5.95 Å². The number of nitrogens with one attached hydrogen (secondary N) is 1. The number of esters is 1. The van der Waals surface area contributed by atoms with E-state index in [0.29, 0.717) is 17.2 Å². The number of allylic oxidation sites excluding steroid dienone is 1. The molecule has 3 rings (SSSR count). The van der Waals surface area contributed by atoms with E-state index in [1.54, 1.807) is 15.6 Å². The van der Waals surface area contributed by atoms with Gasteiger partial charge in [0, 0.05) is 24.0 Å². The van der Waals surface area contributed by atoms with E-state index in [9.17, 15) is 4.79 Å². The molecule has 1 atom stereocenters. The minimum absolute atomic E-state index is 0.199. The first-order valence-corrected chi connectivity index (χ1v) is 7.47. The molecule has 0 amide bonds. The molecular weight excluding hydrogens is 296 g/mol. The quantitative estimate of drug-likeness (QED) is 0.865. The average molecular weight is 316 g/mol. The van der Waals surface area contributed by atoms with Gasteiger partial charge in [0.25, 0.3) is 0 Å². The number of aromatic nitrogens is 5. The number of carbonyl (C=O) groups is 1. The maximum absolute atomic E-state index is 12.6. The molecule has 0 spiro atoms. The van der Waals surface area contributed by atoms with Crippen LogP contribution in [-0.2, 0) is 16.6 Å². The number of fused-ring (bicyclic) bond motifs is 1. The predicted molar refractivity (Wildman–Crippen MR) is 83.7 cm³/mol. The van der Waals surface area contributed by atoms with Crippen LogP contribution in [0.4, 0.5) is 5.95 Å². The van der Waals surface area contributed by atoms with Crippen molar-refractivity contribution in [3.05, 3.63) is 35.1 Å². The summed E-state index contributed by atoms with van der Waals surface area (Å²) in [6, 6.07) is -0.409. The van der Waals surface area contributed by atoms with Crippen molar-refractivity contribution >= 4 is 11.9 Å². The molecule has 1 aliphatic heterocycles. The lowest BCUT2D eigenvalue weighted by molar-refractivity contribution is -0.143. The topological polar surface area (TPSA) is 86.9 Å². The minimum atomic E-state index is -0.409. The molecule has 8 nitrogen and oxygen atoms in total. The Balaban J connectivity index is 2.15. The van der Waals surface area contributed by atoms with Crippen molar-refractivity contribution in [3.8, 4) is 0 Å². The summed E-state index contributed by atoms with van der Waals surface area (Å²) in [5, 5.41) is 11.7. The summed E-state index contributed by atoms with van der Waals surface area (Å²) >= 11 is 0. The van der Waals surface area contributed by atoms with Crippen LogP contribution in [0.5, 0.6) is 0 Å². The van der Waals surface area contributed by atoms with Crippen molar-refractivity contribution in [2.45, 2.75) is 39.8 Å². The summed E-state index contributed by atoms with van der Waals surface area (Å²) in [6.45, 7) is 7.46. The van der Waals surface area contributed by atoms with Crippen LogP contribution >= 0.6 is 0 Å². The molecule has 0 aliphatic carbocycles. The predicted octanol–water partition coefficient (Wildman–Crippen LogP) is 1.56. The van der Waals surface area contributed by atoms with E-state index in [1.165, 1.54) is 6.33 Å². The van der Waals surface area contributed by atoms with Crippen molar-refractivity contribution in [2.24, 2.45) is 7.05 Å². The van der Waals surface area contributed by atoms with Crippen LogP contribution in [0.2, 0.25) is 0 Å². The van der Waals surface area contributed by atoms with Gasteiger partial charge >= 0.3 is 5.97 Å². The Morgan fingerprint density at radius 3 is 2.70 bits per heavy atom. The highest BCUT2D eigenvalue weighted by Gasteiger charge is 2.36. The molecule has 122 valence electrons. The van der Waals surface area contributed by atoms with E-state index in [-0.39, 0.29) is 12.1 Å². The molecule has 0 saturated heterocycles. The zero-order chi connectivity index (χ0) is 16.7. The maximum Gasteiger partial charge on any atom is 0.338 e. The minimum Gasteiger partial charge on any atom is -0.459 e. The summed E-state index contributed by atoms with van der Waals surface area (Å²) in [7, 11) is 1.87. The average Bonchev–Trinajstić information content (AvgIpc) is 3.04. The molecule has 23 heavy (non-hydrogen) atoms. The van der Waals surface area contributed by atoms with Crippen LogP contribution < -0.4 is 5.32 Å². The van der Waals surface area contributed by atoms with E-state index in [1.807, 2.05) is 34.7 Å². The van der Waals surface area contributed by atoms with E-state index in [4.69, 9.17) is 4.74 Å². The first-order chi connectivity index (χ1) is 10.9. The molecule has 0 bridgehead atoms. The molecule has 1 N–H and O–H groups in total.